The highest BCUT2D eigenvalue weighted by molar-refractivity contribution is 5.88. The first-order valence-electron chi connectivity index (χ1n) is 10.9. The Morgan fingerprint density at radius 3 is 2.57 bits per heavy atom. The summed E-state index contributed by atoms with van der Waals surface area (Å²) in [6.07, 6.45) is 2.07. The van der Waals surface area contributed by atoms with Gasteiger partial charge in [0.1, 0.15) is 11.4 Å². The minimum absolute atomic E-state index is 0.00858. The highest BCUT2D eigenvalue weighted by Crippen LogP contribution is 2.37. The van der Waals surface area contributed by atoms with E-state index in [0.717, 1.165) is 6.07 Å². The van der Waals surface area contributed by atoms with E-state index in [4.69, 9.17) is 18.9 Å². The van der Waals surface area contributed by atoms with E-state index < -0.39 is 17.5 Å². The first-order chi connectivity index (χ1) is 16.7. The Bertz CT molecular complexity index is 1200. The number of halogens is 1. The number of aromatic nitrogens is 1. The number of anilines is 1. The molecule has 3 rings (SSSR count). The van der Waals surface area contributed by atoms with Gasteiger partial charge in [-0.25, -0.2) is 9.18 Å². The van der Waals surface area contributed by atoms with E-state index in [1.165, 1.54) is 19.2 Å². The number of pyridine rings is 1. The lowest BCUT2D eigenvalue weighted by atomic mass is 10.1. The zero-order valence-electron chi connectivity index (χ0n) is 20.0. The number of hydrogen-bond acceptors (Lipinski definition) is 7. The van der Waals surface area contributed by atoms with Gasteiger partial charge in [-0.3, -0.25) is 9.78 Å². The number of fused-ring (bicyclic) bond motifs is 1. The highest BCUT2D eigenvalue weighted by Gasteiger charge is 2.16. The molecule has 1 aromatic heterocycles. The number of carbonyl (C=O) groups is 2. The summed E-state index contributed by atoms with van der Waals surface area (Å²) in [6.45, 7) is 6.09. The molecule has 0 unspecified atom stereocenters. The Morgan fingerprint density at radius 1 is 1.09 bits per heavy atom. The van der Waals surface area contributed by atoms with E-state index in [0.29, 0.717) is 59.8 Å². The van der Waals surface area contributed by atoms with Gasteiger partial charge in [0, 0.05) is 35.9 Å². The molecular weight excluding hydrogens is 457 g/mol. The second kappa shape index (κ2) is 11.4. The zero-order valence-corrected chi connectivity index (χ0v) is 20.0. The van der Waals surface area contributed by atoms with Crippen LogP contribution in [0.25, 0.3) is 10.9 Å². The van der Waals surface area contributed by atoms with Gasteiger partial charge in [-0.15, -0.1) is 0 Å². The van der Waals surface area contributed by atoms with Gasteiger partial charge in [0.2, 0.25) is 6.41 Å². The SMILES string of the molecule is COc1cc2c(Oc3ccc(NC=O)cc3F)ccnc2cc1OCCCNC(=O)OC(C)(C)C. The lowest BCUT2D eigenvalue weighted by Crippen LogP contribution is -2.33. The Kier molecular flexibility index (Phi) is 8.30. The van der Waals surface area contributed by atoms with Crippen LogP contribution in [0.1, 0.15) is 27.2 Å². The van der Waals surface area contributed by atoms with Crippen LogP contribution < -0.4 is 24.8 Å². The Labute approximate surface area is 202 Å². The largest absolute Gasteiger partial charge is 0.493 e. The third kappa shape index (κ3) is 7.20. The van der Waals surface area contributed by atoms with Crippen molar-refractivity contribution in [3.05, 3.63) is 48.4 Å². The van der Waals surface area contributed by atoms with Crippen LogP contribution in [0.3, 0.4) is 0 Å². The van der Waals surface area contributed by atoms with Crippen LogP contribution in [0.2, 0.25) is 0 Å². The van der Waals surface area contributed by atoms with E-state index in [1.807, 2.05) is 0 Å². The Morgan fingerprint density at radius 2 is 1.89 bits per heavy atom. The summed E-state index contributed by atoms with van der Waals surface area (Å²) >= 11 is 0. The van der Waals surface area contributed by atoms with Gasteiger partial charge < -0.3 is 29.6 Å². The third-order valence-corrected chi connectivity index (χ3v) is 4.61. The molecule has 9 nitrogen and oxygen atoms in total. The molecule has 1 heterocycles. The average molecular weight is 486 g/mol. The highest BCUT2D eigenvalue weighted by atomic mass is 19.1. The summed E-state index contributed by atoms with van der Waals surface area (Å²) in [5, 5.41) is 5.66. The molecule has 2 aromatic carbocycles. The molecule has 2 N–H and O–H groups in total. The Hall–Kier alpha value is -4.08. The number of nitrogens with zero attached hydrogens (tertiary/aromatic N) is 1. The van der Waals surface area contributed by atoms with Gasteiger partial charge in [-0.1, -0.05) is 0 Å². The van der Waals surface area contributed by atoms with Gasteiger partial charge >= 0.3 is 6.09 Å². The molecule has 0 atom stereocenters. The fourth-order valence-corrected chi connectivity index (χ4v) is 3.11. The first-order valence-corrected chi connectivity index (χ1v) is 10.9. The molecule has 0 saturated heterocycles. The lowest BCUT2D eigenvalue weighted by Gasteiger charge is -2.19. The molecule has 35 heavy (non-hydrogen) atoms. The fourth-order valence-electron chi connectivity index (χ4n) is 3.11. The van der Waals surface area contributed by atoms with Crippen molar-refractivity contribution in [2.45, 2.75) is 32.8 Å². The summed E-state index contributed by atoms with van der Waals surface area (Å²) in [4.78, 5) is 26.6. The number of rotatable bonds is 10. The maximum absolute atomic E-state index is 14.4. The third-order valence-electron chi connectivity index (χ3n) is 4.61. The van der Waals surface area contributed by atoms with Gasteiger partial charge in [0.25, 0.3) is 0 Å². The van der Waals surface area contributed by atoms with Crippen molar-refractivity contribution >= 4 is 29.1 Å². The zero-order chi connectivity index (χ0) is 25.4. The summed E-state index contributed by atoms with van der Waals surface area (Å²) < 4.78 is 36.7. The minimum atomic E-state index is -0.631. The van der Waals surface area contributed by atoms with E-state index in [-0.39, 0.29) is 5.75 Å². The number of carbonyl (C=O) groups excluding carboxylic acids is 2. The number of nitrogens with one attached hydrogen (secondary N) is 2. The molecule has 186 valence electrons. The van der Waals surface area contributed by atoms with Crippen LogP contribution in [0, 0.1) is 5.82 Å². The maximum atomic E-state index is 14.4. The molecule has 0 spiro atoms. The standard InChI is InChI=1S/C25H28FN3O6/c1-25(2,3)35-24(31)28-9-5-11-33-23-14-19-17(13-22(23)32-4)20(8-10-27-19)34-21-7-6-16(29-15-30)12-18(21)26/h6-8,10,12-15H,5,9,11H2,1-4H3,(H,28,31)(H,29,30). The number of hydrogen-bond donors (Lipinski definition) is 2. The minimum Gasteiger partial charge on any atom is -0.493 e. The number of benzene rings is 2. The summed E-state index contributed by atoms with van der Waals surface area (Å²) in [5.74, 6) is 0.648. The quantitative estimate of drug-likeness (QED) is 0.306. The molecule has 0 fully saturated rings. The topological polar surface area (TPSA) is 108 Å². The van der Waals surface area contributed by atoms with Crippen molar-refractivity contribution in [2.24, 2.45) is 0 Å². The predicted molar refractivity (Wildman–Crippen MR) is 129 cm³/mol. The van der Waals surface area contributed by atoms with Crippen LogP contribution in [0.5, 0.6) is 23.0 Å². The van der Waals surface area contributed by atoms with Crippen molar-refractivity contribution < 1.29 is 32.9 Å². The van der Waals surface area contributed by atoms with Gasteiger partial charge in [0.15, 0.2) is 23.1 Å². The monoisotopic (exact) mass is 485 g/mol. The Balaban J connectivity index is 1.69. The molecule has 0 aliphatic heterocycles. The lowest BCUT2D eigenvalue weighted by molar-refractivity contribution is -0.105. The van der Waals surface area contributed by atoms with Crippen molar-refractivity contribution in [2.75, 3.05) is 25.6 Å². The molecule has 10 heteroatoms. The number of amides is 2. The normalized spacial score (nSPS) is 11.0. The summed E-state index contributed by atoms with van der Waals surface area (Å²) in [5.41, 5.74) is 0.316. The van der Waals surface area contributed by atoms with Crippen molar-refractivity contribution in [3.63, 3.8) is 0 Å². The van der Waals surface area contributed by atoms with Crippen LogP contribution in [-0.4, -0.2) is 43.3 Å². The predicted octanol–water partition coefficient (Wildman–Crippen LogP) is 5.04. The number of alkyl carbamates (subject to hydrolysis) is 1. The van der Waals surface area contributed by atoms with Gasteiger partial charge in [-0.05, 0) is 51.5 Å². The van der Waals surface area contributed by atoms with Crippen molar-refractivity contribution in [3.8, 4) is 23.0 Å². The molecule has 0 bridgehead atoms. The number of ether oxygens (including phenoxy) is 4. The van der Waals surface area contributed by atoms with Crippen molar-refractivity contribution in [1.29, 1.82) is 0 Å². The molecular formula is C25H28FN3O6. The van der Waals surface area contributed by atoms with Crippen LogP contribution >= 0.6 is 0 Å². The smallest absolute Gasteiger partial charge is 0.407 e. The average Bonchev–Trinajstić information content (AvgIpc) is 2.79. The first kappa shape index (κ1) is 25.5. The second-order valence-corrected chi connectivity index (χ2v) is 8.47. The van der Waals surface area contributed by atoms with Crippen LogP contribution in [0.4, 0.5) is 14.9 Å². The molecule has 2 amide bonds. The van der Waals surface area contributed by atoms with E-state index in [9.17, 15) is 14.0 Å². The number of methoxy groups -OCH3 is 1. The van der Waals surface area contributed by atoms with Gasteiger partial charge in [0.05, 0.1) is 19.2 Å². The van der Waals surface area contributed by atoms with E-state index in [1.54, 1.807) is 45.2 Å². The molecule has 0 aliphatic rings. The molecule has 0 aliphatic carbocycles. The van der Waals surface area contributed by atoms with Crippen LogP contribution in [0.15, 0.2) is 42.6 Å². The van der Waals surface area contributed by atoms with Crippen LogP contribution in [-0.2, 0) is 9.53 Å². The van der Waals surface area contributed by atoms with E-state index >= 15 is 0 Å². The van der Waals surface area contributed by atoms with E-state index in [2.05, 4.69) is 15.6 Å². The fraction of sp³-hybridized carbons (Fsp3) is 0.320. The molecule has 0 radical (unpaired) electrons. The second-order valence-electron chi connectivity index (χ2n) is 8.47. The summed E-state index contributed by atoms with van der Waals surface area (Å²) in [7, 11) is 1.51. The molecule has 3 aromatic rings. The van der Waals surface area contributed by atoms with Crippen molar-refractivity contribution in [1.82, 2.24) is 10.3 Å². The maximum Gasteiger partial charge on any atom is 0.407 e. The molecule has 0 saturated carbocycles. The summed E-state index contributed by atoms with van der Waals surface area (Å²) in [6, 6.07) is 9.13. The van der Waals surface area contributed by atoms with Gasteiger partial charge in [-0.2, -0.15) is 0 Å².